The minimum absolute atomic E-state index is 0.470. The van der Waals surface area contributed by atoms with E-state index in [1.54, 1.807) is 22.2 Å². The Hall–Kier alpha value is -1.57. The van der Waals surface area contributed by atoms with Crippen molar-refractivity contribution in [3.8, 4) is 11.4 Å². The lowest BCUT2D eigenvalue weighted by Gasteiger charge is -2.01. The molecule has 3 aromatic rings. The molecule has 3 rings (SSSR count). The summed E-state index contributed by atoms with van der Waals surface area (Å²) in [4.78, 5) is 1.04. The van der Waals surface area contributed by atoms with Gasteiger partial charge in [-0.2, -0.15) is 14.9 Å². The van der Waals surface area contributed by atoms with E-state index in [2.05, 4.69) is 31.2 Å². The summed E-state index contributed by atoms with van der Waals surface area (Å²) in [6.45, 7) is 2.05. The summed E-state index contributed by atoms with van der Waals surface area (Å²) in [5.41, 5.74) is 2.17. The van der Waals surface area contributed by atoms with Crippen LogP contribution < -0.4 is 0 Å². The summed E-state index contributed by atoms with van der Waals surface area (Å²) in [6.07, 6.45) is 1.78. The number of nitrogens with one attached hydrogen (secondary N) is 1. The van der Waals surface area contributed by atoms with Crippen molar-refractivity contribution >= 4 is 45.7 Å². The van der Waals surface area contributed by atoms with Crippen LogP contribution in [0.4, 0.5) is 0 Å². The SMILES string of the molecule is Cc1ccc(-c2n[nH]c(=S)n2/N=C/c2ccc(Br)s2)cc1. The van der Waals surface area contributed by atoms with Gasteiger partial charge in [0, 0.05) is 10.4 Å². The highest BCUT2D eigenvalue weighted by Crippen LogP contribution is 2.21. The Bertz CT molecular complexity index is 842. The topological polar surface area (TPSA) is 46.0 Å². The Morgan fingerprint density at radius 1 is 1.29 bits per heavy atom. The first-order chi connectivity index (χ1) is 10.1. The summed E-state index contributed by atoms with van der Waals surface area (Å²) in [5, 5.41) is 11.5. The minimum atomic E-state index is 0.470. The Kier molecular flexibility index (Phi) is 4.14. The fourth-order valence-electron chi connectivity index (χ4n) is 1.80. The summed E-state index contributed by atoms with van der Waals surface area (Å²) in [6, 6.07) is 12.1. The second-order valence-corrected chi connectivity index (χ2v) is 7.30. The molecule has 1 aromatic carbocycles. The fourth-order valence-corrected chi connectivity index (χ4v) is 3.27. The zero-order chi connectivity index (χ0) is 14.8. The van der Waals surface area contributed by atoms with Crippen LogP contribution in [0.2, 0.25) is 0 Å². The summed E-state index contributed by atoms with van der Waals surface area (Å²) in [7, 11) is 0. The first-order valence-electron chi connectivity index (χ1n) is 6.17. The third kappa shape index (κ3) is 3.20. The van der Waals surface area contributed by atoms with Crippen LogP contribution in [-0.4, -0.2) is 21.1 Å². The third-order valence-corrected chi connectivity index (χ3v) is 4.68. The number of halogens is 1. The maximum Gasteiger partial charge on any atom is 0.216 e. The van der Waals surface area contributed by atoms with Crippen LogP contribution >= 0.6 is 39.5 Å². The number of hydrogen-bond donors (Lipinski definition) is 1. The van der Waals surface area contributed by atoms with Crippen LogP contribution in [-0.2, 0) is 0 Å². The van der Waals surface area contributed by atoms with Gasteiger partial charge in [-0.3, -0.25) is 0 Å². The van der Waals surface area contributed by atoms with Crippen LogP contribution in [0.15, 0.2) is 45.3 Å². The van der Waals surface area contributed by atoms with Crippen LogP contribution in [0.5, 0.6) is 0 Å². The molecule has 0 spiro atoms. The number of thiophene rings is 1. The molecule has 0 atom stereocenters. The molecular formula is C14H11BrN4S2. The molecule has 0 unspecified atom stereocenters. The zero-order valence-corrected chi connectivity index (χ0v) is 14.3. The second-order valence-electron chi connectivity index (χ2n) is 4.42. The summed E-state index contributed by atoms with van der Waals surface area (Å²) in [5.74, 6) is 0.701. The van der Waals surface area contributed by atoms with E-state index in [0.29, 0.717) is 10.6 Å². The number of nitrogens with zero attached hydrogens (tertiary/aromatic N) is 3. The molecular weight excluding hydrogens is 368 g/mol. The van der Waals surface area contributed by atoms with Gasteiger partial charge in [-0.25, -0.2) is 5.10 Å². The second kappa shape index (κ2) is 6.05. The van der Waals surface area contributed by atoms with Crippen molar-refractivity contribution in [2.45, 2.75) is 6.92 Å². The average molecular weight is 379 g/mol. The average Bonchev–Trinajstić information content (AvgIpc) is 3.04. The molecule has 2 heterocycles. The van der Waals surface area contributed by atoms with Gasteiger partial charge in [0.1, 0.15) is 0 Å². The molecule has 4 nitrogen and oxygen atoms in total. The number of aromatic nitrogens is 3. The van der Waals surface area contributed by atoms with E-state index in [-0.39, 0.29) is 0 Å². The van der Waals surface area contributed by atoms with Crippen molar-refractivity contribution < 1.29 is 0 Å². The maximum absolute atomic E-state index is 5.24. The van der Waals surface area contributed by atoms with Gasteiger partial charge >= 0.3 is 0 Å². The Morgan fingerprint density at radius 2 is 2.05 bits per heavy atom. The van der Waals surface area contributed by atoms with Crippen molar-refractivity contribution in [2.75, 3.05) is 0 Å². The van der Waals surface area contributed by atoms with E-state index in [0.717, 1.165) is 14.2 Å². The lowest BCUT2D eigenvalue weighted by atomic mass is 10.1. The molecule has 2 aromatic heterocycles. The first kappa shape index (κ1) is 14.4. The number of hydrogen-bond acceptors (Lipinski definition) is 4. The summed E-state index contributed by atoms with van der Waals surface area (Å²) >= 11 is 10.3. The molecule has 106 valence electrons. The van der Waals surface area contributed by atoms with Crippen molar-refractivity contribution in [1.82, 2.24) is 14.9 Å². The lowest BCUT2D eigenvalue weighted by Crippen LogP contribution is -1.94. The van der Waals surface area contributed by atoms with E-state index in [1.807, 2.05) is 43.3 Å². The van der Waals surface area contributed by atoms with Crippen molar-refractivity contribution in [3.63, 3.8) is 0 Å². The zero-order valence-electron chi connectivity index (χ0n) is 11.1. The molecule has 0 saturated heterocycles. The molecule has 0 radical (unpaired) electrons. The van der Waals surface area contributed by atoms with E-state index in [1.165, 1.54) is 5.56 Å². The molecule has 0 saturated carbocycles. The highest BCUT2D eigenvalue weighted by atomic mass is 79.9. The number of aryl methyl sites for hydroxylation is 1. The first-order valence-corrected chi connectivity index (χ1v) is 8.19. The van der Waals surface area contributed by atoms with E-state index in [4.69, 9.17) is 12.2 Å². The molecule has 0 fully saturated rings. The van der Waals surface area contributed by atoms with Gasteiger partial charge in [-0.15, -0.1) is 11.3 Å². The standard InChI is InChI=1S/C14H11BrN4S2/c1-9-2-4-10(5-3-9)13-17-18-14(20)19(13)16-8-11-6-7-12(15)21-11/h2-8H,1H3,(H,18,20)/b16-8+. The summed E-state index contributed by atoms with van der Waals surface area (Å²) < 4.78 is 3.17. The molecule has 0 aliphatic carbocycles. The number of rotatable bonds is 3. The Morgan fingerprint density at radius 3 is 2.71 bits per heavy atom. The molecule has 1 N–H and O–H groups in total. The van der Waals surface area contributed by atoms with Gasteiger partial charge in [-0.05, 0) is 47.2 Å². The molecule has 21 heavy (non-hydrogen) atoms. The van der Waals surface area contributed by atoms with Crippen LogP contribution in [0.25, 0.3) is 11.4 Å². The highest BCUT2D eigenvalue weighted by Gasteiger charge is 2.07. The molecule has 0 aliphatic rings. The minimum Gasteiger partial charge on any atom is -0.250 e. The van der Waals surface area contributed by atoms with E-state index >= 15 is 0 Å². The molecule has 0 aliphatic heterocycles. The van der Waals surface area contributed by atoms with Gasteiger partial charge in [0.2, 0.25) is 4.77 Å². The smallest absolute Gasteiger partial charge is 0.216 e. The van der Waals surface area contributed by atoms with Gasteiger partial charge in [-0.1, -0.05) is 29.8 Å². The molecule has 0 bridgehead atoms. The van der Waals surface area contributed by atoms with Gasteiger partial charge in [0.15, 0.2) is 5.82 Å². The molecule has 7 heteroatoms. The normalized spacial score (nSPS) is 11.3. The monoisotopic (exact) mass is 378 g/mol. The number of H-pyrrole nitrogens is 1. The Labute approximate surface area is 139 Å². The number of benzene rings is 1. The van der Waals surface area contributed by atoms with Crippen LogP contribution in [0, 0.1) is 11.7 Å². The Balaban J connectivity index is 1.99. The quantitative estimate of drug-likeness (QED) is 0.533. The van der Waals surface area contributed by atoms with Gasteiger partial charge < -0.3 is 0 Å². The third-order valence-electron chi connectivity index (χ3n) is 2.85. The van der Waals surface area contributed by atoms with Crippen LogP contribution in [0.1, 0.15) is 10.4 Å². The van der Waals surface area contributed by atoms with Crippen LogP contribution in [0.3, 0.4) is 0 Å². The fraction of sp³-hybridized carbons (Fsp3) is 0.0714. The van der Waals surface area contributed by atoms with E-state index < -0.39 is 0 Å². The lowest BCUT2D eigenvalue weighted by molar-refractivity contribution is 0.872. The molecule has 0 amide bonds. The van der Waals surface area contributed by atoms with Crippen molar-refractivity contribution in [2.24, 2.45) is 5.10 Å². The maximum atomic E-state index is 5.24. The van der Waals surface area contributed by atoms with Crippen molar-refractivity contribution in [3.05, 3.63) is 55.4 Å². The van der Waals surface area contributed by atoms with Crippen molar-refractivity contribution in [1.29, 1.82) is 0 Å². The predicted molar refractivity (Wildman–Crippen MR) is 92.6 cm³/mol. The highest BCUT2D eigenvalue weighted by molar-refractivity contribution is 9.11. The largest absolute Gasteiger partial charge is 0.250 e. The van der Waals surface area contributed by atoms with Gasteiger partial charge in [0.25, 0.3) is 0 Å². The van der Waals surface area contributed by atoms with Gasteiger partial charge in [0.05, 0.1) is 10.0 Å². The number of aromatic amines is 1. The predicted octanol–water partition coefficient (Wildman–Crippen LogP) is 4.62. The van der Waals surface area contributed by atoms with E-state index in [9.17, 15) is 0 Å².